The molecule has 0 unspecified atom stereocenters. The van der Waals surface area contributed by atoms with E-state index in [1.165, 1.54) is 0 Å². The van der Waals surface area contributed by atoms with E-state index < -0.39 is 17.5 Å². The summed E-state index contributed by atoms with van der Waals surface area (Å²) >= 11 is 0. The van der Waals surface area contributed by atoms with E-state index in [1.807, 2.05) is 0 Å². The first-order valence-electron chi connectivity index (χ1n) is 3.12. The summed E-state index contributed by atoms with van der Waals surface area (Å²) in [4.78, 5) is 21.1. The first kappa shape index (κ1) is 9.90. The van der Waals surface area contributed by atoms with Crippen LogP contribution < -0.4 is 5.73 Å². The molecule has 0 amide bonds. The van der Waals surface area contributed by atoms with Gasteiger partial charge in [-0.2, -0.15) is 0 Å². The Bertz CT molecular complexity index is 175. The maximum absolute atomic E-state index is 10.8. The molecule has 0 spiro atoms. The Morgan fingerprint density at radius 1 is 1.64 bits per heavy atom. The highest BCUT2D eigenvalue weighted by Crippen LogP contribution is 2.01. The summed E-state index contributed by atoms with van der Waals surface area (Å²) in [6.45, 7) is 2.79. The lowest BCUT2D eigenvalue weighted by Crippen LogP contribution is -2.53. The molecule has 64 valence electrons. The third-order valence-corrected chi connectivity index (χ3v) is 1.14. The second-order valence-corrected chi connectivity index (χ2v) is 2.23. The molecule has 0 bridgehead atoms. The Hall–Kier alpha value is -1.10. The highest BCUT2D eigenvalue weighted by molar-refractivity contribution is 6.03. The SMILES string of the molecule is CCOC(=O)[C@@](C)(N)C(=O)O. The van der Waals surface area contributed by atoms with Crippen molar-refractivity contribution in [2.45, 2.75) is 19.4 Å². The molecule has 0 rings (SSSR count). The maximum Gasteiger partial charge on any atom is 0.337 e. The smallest absolute Gasteiger partial charge is 0.337 e. The lowest BCUT2D eigenvalue weighted by Gasteiger charge is -2.16. The molecule has 1 atom stereocenters. The van der Waals surface area contributed by atoms with Gasteiger partial charge in [0.1, 0.15) is 0 Å². The molecule has 0 aromatic rings. The van der Waals surface area contributed by atoms with Crippen LogP contribution in [0, 0.1) is 0 Å². The molecular formula is C6H11NO4. The first-order chi connectivity index (χ1) is 4.92. The van der Waals surface area contributed by atoms with Gasteiger partial charge >= 0.3 is 11.9 Å². The van der Waals surface area contributed by atoms with Gasteiger partial charge in [-0.15, -0.1) is 0 Å². The van der Waals surface area contributed by atoms with Crippen molar-refractivity contribution >= 4 is 11.9 Å². The number of esters is 1. The number of carboxylic acids is 1. The highest BCUT2D eigenvalue weighted by Gasteiger charge is 2.38. The molecule has 5 nitrogen and oxygen atoms in total. The zero-order valence-electron chi connectivity index (χ0n) is 6.46. The fourth-order valence-electron chi connectivity index (χ4n) is 0.368. The van der Waals surface area contributed by atoms with Crippen molar-refractivity contribution in [1.82, 2.24) is 0 Å². The fraction of sp³-hybridized carbons (Fsp3) is 0.667. The fourth-order valence-corrected chi connectivity index (χ4v) is 0.368. The van der Waals surface area contributed by atoms with Crippen LogP contribution in [0.3, 0.4) is 0 Å². The second-order valence-electron chi connectivity index (χ2n) is 2.23. The zero-order chi connectivity index (χ0) is 9.07. The van der Waals surface area contributed by atoms with E-state index in [9.17, 15) is 9.59 Å². The van der Waals surface area contributed by atoms with Crippen LogP contribution in [0.1, 0.15) is 13.8 Å². The third kappa shape index (κ3) is 2.19. The second kappa shape index (κ2) is 3.34. The van der Waals surface area contributed by atoms with E-state index in [1.54, 1.807) is 6.92 Å². The van der Waals surface area contributed by atoms with Gasteiger partial charge in [-0.3, -0.25) is 0 Å². The maximum atomic E-state index is 10.8. The van der Waals surface area contributed by atoms with Crippen LogP contribution in [0.25, 0.3) is 0 Å². The molecule has 0 aromatic carbocycles. The van der Waals surface area contributed by atoms with Crippen LogP contribution in [0.15, 0.2) is 0 Å². The molecule has 0 heterocycles. The topological polar surface area (TPSA) is 89.6 Å². The Kier molecular flexibility index (Phi) is 3.00. The molecule has 0 aliphatic heterocycles. The molecular weight excluding hydrogens is 150 g/mol. The van der Waals surface area contributed by atoms with Crippen molar-refractivity contribution in [1.29, 1.82) is 0 Å². The average Bonchev–Trinajstić information content (AvgIpc) is 1.88. The van der Waals surface area contributed by atoms with Gasteiger partial charge < -0.3 is 15.6 Å². The molecule has 0 saturated carbocycles. The van der Waals surface area contributed by atoms with E-state index in [0.29, 0.717) is 0 Å². The Morgan fingerprint density at radius 3 is 2.36 bits per heavy atom. The molecule has 11 heavy (non-hydrogen) atoms. The molecule has 0 aromatic heterocycles. The number of ether oxygens (including phenoxy) is 1. The molecule has 3 N–H and O–H groups in total. The first-order valence-corrected chi connectivity index (χ1v) is 3.12. The number of carboxylic acid groups (broad SMARTS) is 1. The van der Waals surface area contributed by atoms with Crippen LogP contribution in [-0.2, 0) is 14.3 Å². The molecule has 0 aliphatic carbocycles. The summed E-state index contributed by atoms with van der Waals surface area (Å²) in [6.07, 6.45) is 0. The number of hydrogen-bond donors (Lipinski definition) is 2. The van der Waals surface area contributed by atoms with Gasteiger partial charge in [0.25, 0.3) is 0 Å². The van der Waals surface area contributed by atoms with Crippen molar-refractivity contribution in [2.24, 2.45) is 5.73 Å². The van der Waals surface area contributed by atoms with E-state index in [2.05, 4.69) is 4.74 Å². The number of aliphatic carboxylic acids is 1. The van der Waals surface area contributed by atoms with Crippen LogP contribution in [-0.4, -0.2) is 29.2 Å². The Labute approximate surface area is 64.1 Å². The van der Waals surface area contributed by atoms with Gasteiger partial charge in [0.2, 0.25) is 5.54 Å². The standard InChI is InChI=1S/C6H11NO4/c1-3-11-5(10)6(2,7)4(8)9/h3,7H2,1-2H3,(H,8,9)/t6-/m0/s1. The van der Waals surface area contributed by atoms with Crippen molar-refractivity contribution < 1.29 is 19.4 Å². The average molecular weight is 161 g/mol. The largest absolute Gasteiger partial charge is 0.479 e. The Balaban J connectivity index is 4.30. The minimum Gasteiger partial charge on any atom is -0.479 e. The number of rotatable bonds is 3. The van der Waals surface area contributed by atoms with E-state index in [-0.39, 0.29) is 6.61 Å². The molecule has 0 radical (unpaired) electrons. The minimum absolute atomic E-state index is 0.124. The third-order valence-electron chi connectivity index (χ3n) is 1.14. The number of carbonyl (C=O) groups excluding carboxylic acids is 1. The van der Waals surface area contributed by atoms with Gasteiger partial charge in [0, 0.05) is 0 Å². The molecule has 5 heteroatoms. The molecule has 0 aliphatic rings. The Morgan fingerprint density at radius 2 is 2.09 bits per heavy atom. The lowest BCUT2D eigenvalue weighted by atomic mass is 10.1. The highest BCUT2D eigenvalue weighted by atomic mass is 16.5. The summed E-state index contributed by atoms with van der Waals surface area (Å²) in [5.41, 5.74) is 3.18. The monoisotopic (exact) mass is 161 g/mol. The summed E-state index contributed by atoms with van der Waals surface area (Å²) in [5.74, 6) is -2.32. The predicted octanol–water partition coefficient (Wildman–Crippen LogP) is -0.648. The van der Waals surface area contributed by atoms with Crippen molar-refractivity contribution in [2.75, 3.05) is 6.61 Å². The van der Waals surface area contributed by atoms with Gasteiger partial charge in [-0.1, -0.05) is 0 Å². The predicted molar refractivity (Wildman–Crippen MR) is 36.9 cm³/mol. The van der Waals surface area contributed by atoms with Crippen molar-refractivity contribution in [3.63, 3.8) is 0 Å². The zero-order valence-corrected chi connectivity index (χ0v) is 6.46. The summed E-state index contributed by atoms with van der Waals surface area (Å²) in [7, 11) is 0. The van der Waals surface area contributed by atoms with Crippen LogP contribution >= 0.6 is 0 Å². The van der Waals surface area contributed by atoms with Crippen molar-refractivity contribution in [3.8, 4) is 0 Å². The van der Waals surface area contributed by atoms with Gasteiger partial charge in [0.15, 0.2) is 0 Å². The van der Waals surface area contributed by atoms with Gasteiger partial charge in [-0.25, -0.2) is 9.59 Å². The number of carbonyl (C=O) groups is 2. The molecule has 0 saturated heterocycles. The van der Waals surface area contributed by atoms with E-state index >= 15 is 0 Å². The van der Waals surface area contributed by atoms with Gasteiger partial charge in [0.05, 0.1) is 6.61 Å². The summed E-state index contributed by atoms with van der Waals surface area (Å²) in [6, 6.07) is 0. The quantitative estimate of drug-likeness (QED) is 0.424. The summed E-state index contributed by atoms with van der Waals surface area (Å²) < 4.78 is 4.42. The number of nitrogens with two attached hydrogens (primary N) is 1. The normalized spacial score (nSPS) is 15.2. The van der Waals surface area contributed by atoms with Crippen LogP contribution in [0.4, 0.5) is 0 Å². The van der Waals surface area contributed by atoms with Crippen LogP contribution in [0.2, 0.25) is 0 Å². The van der Waals surface area contributed by atoms with E-state index in [4.69, 9.17) is 10.8 Å². The lowest BCUT2D eigenvalue weighted by molar-refractivity contribution is -0.159. The van der Waals surface area contributed by atoms with Gasteiger partial charge in [-0.05, 0) is 13.8 Å². The van der Waals surface area contributed by atoms with E-state index in [0.717, 1.165) is 6.92 Å². The van der Waals surface area contributed by atoms with Crippen LogP contribution in [0.5, 0.6) is 0 Å². The number of hydrogen-bond acceptors (Lipinski definition) is 4. The van der Waals surface area contributed by atoms with Crippen molar-refractivity contribution in [3.05, 3.63) is 0 Å². The summed E-state index contributed by atoms with van der Waals surface area (Å²) in [5, 5.41) is 8.41. The molecule has 0 fully saturated rings. The minimum atomic E-state index is -1.93.